The third-order valence-electron chi connectivity index (χ3n) is 1.44. The smallest absolute Gasteiger partial charge is 0.223 e. The maximum absolute atomic E-state index is 10.7. The molecule has 1 aromatic heterocycles. The van der Waals surface area contributed by atoms with E-state index in [-0.39, 0.29) is 11.2 Å². The minimum atomic E-state index is -0.322. The first-order chi connectivity index (χ1) is 5.24. The zero-order valence-corrected chi connectivity index (χ0v) is 6.45. The molecule has 0 amide bonds. The molecule has 0 aliphatic heterocycles. The van der Waals surface area contributed by atoms with Crippen LogP contribution < -0.4 is 5.43 Å². The average Bonchev–Trinajstić information content (AvgIpc) is 1.98. The highest BCUT2D eigenvalue weighted by atomic mass is 16.3. The molecule has 0 bridgehead atoms. The second-order valence-corrected chi connectivity index (χ2v) is 2.43. The molecule has 1 N–H and O–H groups in total. The zero-order chi connectivity index (χ0) is 8.27. The minimum absolute atomic E-state index is 0.180. The van der Waals surface area contributed by atoms with Crippen molar-refractivity contribution in [3.63, 3.8) is 0 Å². The van der Waals surface area contributed by atoms with E-state index in [0.717, 1.165) is 13.0 Å². The van der Waals surface area contributed by atoms with Gasteiger partial charge in [0.2, 0.25) is 5.43 Å². The molecule has 1 aromatic rings. The first kappa shape index (κ1) is 7.85. The van der Waals surface area contributed by atoms with Crippen molar-refractivity contribution in [2.45, 2.75) is 19.9 Å². The predicted molar refractivity (Wildman–Crippen MR) is 42.7 cm³/mol. The summed E-state index contributed by atoms with van der Waals surface area (Å²) in [7, 11) is 0. The fourth-order valence-corrected chi connectivity index (χ4v) is 0.910. The normalized spacial score (nSPS) is 9.91. The van der Waals surface area contributed by atoms with Crippen molar-refractivity contribution < 1.29 is 5.11 Å². The van der Waals surface area contributed by atoms with Crippen molar-refractivity contribution in [3.8, 4) is 5.75 Å². The van der Waals surface area contributed by atoms with Crippen molar-refractivity contribution in [2.75, 3.05) is 0 Å². The third kappa shape index (κ3) is 1.83. The minimum Gasteiger partial charge on any atom is -0.503 e. The average molecular weight is 153 g/mol. The number of hydrogen-bond acceptors (Lipinski definition) is 2. The largest absolute Gasteiger partial charge is 0.503 e. The molecule has 0 aromatic carbocycles. The quantitative estimate of drug-likeness (QED) is 0.687. The molecule has 60 valence electrons. The lowest BCUT2D eigenvalue weighted by Gasteiger charge is -2.02. The van der Waals surface area contributed by atoms with Crippen LogP contribution in [0.3, 0.4) is 0 Å². The lowest BCUT2D eigenvalue weighted by atomic mass is 10.4. The molecule has 0 saturated heterocycles. The van der Waals surface area contributed by atoms with E-state index < -0.39 is 0 Å². The number of pyridine rings is 1. The van der Waals surface area contributed by atoms with Gasteiger partial charge in [-0.1, -0.05) is 6.92 Å². The van der Waals surface area contributed by atoms with E-state index in [9.17, 15) is 4.79 Å². The van der Waals surface area contributed by atoms with Crippen molar-refractivity contribution in [1.82, 2.24) is 4.57 Å². The van der Waals surface area contributed by atoms with Gasteiger partial charge in [0.1, 0.15) is 0 Å². The zero-order valence-electron chi connectivity index (χ0n) is 6.45. The van der Waals surface area contributed by atoms with Crippen molar-refractivity contribution >= 4 is 0 Å². The first-order valence-electron chi connectivity index (χ1n) is 3.63. The SMILES string of the molecule is CCCn1ccc(=O)c(O)c1. The van der Waals surface area contributed by atoms with E-state index in [4.69, 9.17) is 5.11 Å². The molecule has 0 unspecified atom stereocenters. The Bertz CT molecular complexity index is 290. The summed E-state index contributed by atoms with van der Waals surface area (Å²) >= 11 is 0. The van der Waals surface area contributed by atoms with Gasteiger partial charge in [0, 0.05) is 25.0 Å². The molecular formula is C8H11NO2. The summed E-state index contributed by atoms with van der Waals surface area (Å²) in [6, 6.07) is 1.37. The molecule has 1 rings (SSSR count). The number of aromatic hydroxyl groups is 1. The maximum atomic E-state index is 10.7. The second-order valence-electron chi connectivity index (χ2n) is 2.43. The predicted octanol–water partition coefficient (Wildman–Crippen LogP) is 0.964. The van der Waals surface area contributed by atoms with Gasteiger partial charge in [0.15, 0.2) is 5.75 Å². The summed E-state index contributed by atoms with van der Waals surface area (Å²) < 4.78 is 1.79. The highest BCUT2D eigenvalue weighted by Crippen LogP contribution is 1.98. The number of rotatable bonds is 2. The highest BCUT2D eigenvalue weighted by Gasteiger charge is 1.94. The monoisotopic (exact) mass is 153 g/mol. The summed E-state index contributed by atoms with van der Waals surface area (Å²) in [5, 5.41) is 8.99. The van der Waals surface area contributed by atoms with Gasteiger partial charge in [0.25, 0.3) is 0 Å². The molecule has 0 aliphatic carbocycles. The Balaban J connectivity index is 2.96. The van der Waals surface area contributed by atoms with Crippen LogP contribution in [0.2, 0.25) is 0 Å². The number of hydrogen-bond donors (Lipinski definition) is 1. The fourth-order valence-electron chi connectivity index (χ4n) is 0.910. The van der Waals surface area contributed by atoms with Crippen molar-refractivity contribution in [2.24, 2.45) is 0 Å². The van der Waals surface area contributed by atoms with Crippen LogP contribution >= 0.6 is 0 Å². The molecule has 0 spiro atoms. The molecular weight excluding hydrogens is 142 g/mol. The van der Waals surface area contributed by atoms with Gasteiger partial charge >= 0.3 is 0 Å². The van der Waals surface area contributed by atoms with Gasteiger partial charge in [0.05, 0.1) is 0 Å². The summed E-state index contributed by atoms with van der Waals surface area (Å²) in [5.74, 6) is -0.180. The Morgan fingerprint density at radius 2 is 2.36 bits per heavy atom. The molecule has 1 heterocycles. The number of aromatic nitrogens is 1. The van der Waals surface area contributed by atoms with Gasteiger partial charge in [-0.2, -0.15) is 0 Å². The van der Waals surface area contributed by atoms with Crippen LogP contribution in [0, 0.1) is 0 Å². The number of aryl methyl sites for hydroxylation is 1. The fraction of sp³-hybridized carbons (Fsp3) is 0.375. The van der Waals surface area contributed by atoms with Crippen LogP contribution in [0.25, 0.3) is 0 Å². The van der Waals surface area contributed by atoms with E-state index in [0.29, 0.717) is 0 Å². The number of nitrogens with zero attached hydrogens (tertiary/aromatic N) is 1. The first-order valence-corrected chi connectivity index (χ1v) is 3.63. The Morgan fingerprint density at radius 3 is 2.91 bits per heavy atom. The molecule has 0 radical (unpaired) electrons. The third-order valence-corrected chi connectivity index (χ3v) is 1.44. The van der Waals surface area contributed by atoms with Gasteiger partial charge < -0.3 is 9.67 Å². The maximum Gasteiger partial charge on any atom is 0.223 e. The van der Waals surface area contributed by atoms with E-state index in [1.165, 1.54) is 12.3 Å². The lowest BCUT2D eigenvalue weighted by molar-refractivity contribution is 0.460. The van der Waals surface area contributed by atoms with Crippen LogP contribution in [0.1, 0.15) is 13.3 Å². The summed E-state index contributed by atoms with van der Waals surface area (Å²) in [6.45, 7) is 2.86. The second kappa shape index (κ2) is 3.23. The molecule has 0 fully saturated rings. The molecule has 0 aliphatic rings. The molecule has 3 nitrogen and oxygen atoms in total. The lowest BCUT2D eigenvalue weighted by Crippen LogP contribution is -2.04. The van der Waals surface area contributed by atoms with Gasteiger partial charge in [-0.15, -0.1) is 0 Å². The van der Waals surface area contributed by atoms with E-state index in [1.54, 1.807) is 10.8 Å². The topological polar surface area (TPSA) is 42.2 Å². The van der Waals surface area contributed by atoms with Gasteiger partial charge in [-0.05, 0) is 6.42 Å². The molecule has 0 saturated carbocycles. The van der Waals surface area contributed by atoms with Crippen LogP contribution in [0.15, 0.2) is 23.3 Å². The van der Waals surface area contributed by atoms with Crippen molar-refractivity contribution in [1.29, 1.82) is 0 Å². The van der Waals surface area contributed by atoms with Gasteiger partial charge in [-0.25, -0.2) is 0 Å². The van der Waals surface area contributed by atoms with Crippen LogP contribution in [-0.4, -0.2) is 9.67 Å². The Kier molecular flexibility index (Phi) is 2.31. The summed E-state index contributed by atoms with van der Waals surface area (Å²) in [5.41, 5.74) is -0.322. The Hall–Kier alpha value is -1.25. The van der Waals surface area contributed by atoms with Crippen LogP contribution in [0.4, 0.5) is 0 Å². The van der Waals surface area contributed by atoms with E-state index in [2.05, 4.69) is 0 Å². The van der Waals surface area contributed by atoms with Crippen LogP contribution in [-0.2, 0) is 6.54 Å². The molecule has 3 heteroatoms. The Labute approximate surface area is 64.9 Å². The van der Waals surface area contributed by atoms with Crippen molar-refractivity contribution in [3.05, 3.63) is 28.7 Å². The summed E-state index contributed by atoms with van der Waals surface area (Å²) in [4.78, 5) is 10.7. The highest BCUT2D eigenvalue weighted by molar-refractivity contribution is 5.14. The summed E-state index contributed by atoms with van der Waals surface area (Å²) in [6.07, 6.45) is 4.11. The Morgan fingerprint density at radius 1 is 1.64 bits per heavy atom. The molecule has 11 heavy (non-hydrogen) atoms. The molecule has 0 atom stereocenters. The van der Waals surface area contributed by atoms with E-state index in [1.807, 2.05) is 6.92 Å². The standard InChI is InChI=1S/C8H11NO2/c1-2-4-9-5-3-7(10)8(11)6-9/h3,5-6,11H,2,4H2,1H3. The van der Waals surface area contributed by atoms with E-state index >= 15 is 0 Å². The van der Waals surface area contributed by atoms with Gasteiger partial charge in [-0.3, -0.25) is 4.79 Å². The van der Waals surface area contributed by atoms with Crippen LogP contribution in [0.5, 0.6) is 5.75 Å².